The Balaban J connectivity index is 2.21. The molecule has 2 nitrogen and oxygen atoms in total. The Morgan fingerprint density at radius 3 is 2.87 bits per heavy atom. The summed E-state index contributed by atoms with van der Waals surface area (Å²) < 4.78 is 2.07. The first kappa shape index (κ1) is 10.7. The van der Waals surface area contributed by atoms with Gasteiger partial charge in [-0.1, -0.05) is 0 Å². The minimum absolute atomic E-state index is 0.233. The number of hydrogen-bond acceptors (Lipinski definition) is 2. The van der Waals surface area contributed by atoms with Crippen LogP contribution in [0, 0.1) is 6.92 Å². The van der Waals surface area contributed by atoms with Crippen LogP contribution in [0.4, 0.5) is 4.69 Å². The number of benzene rings is 1. The fourth-order valence-electron chi connectivity index (χ4n) is 1.35. The van der Waals surface area contributed by atoms with Gasteiger partial charge in [0, 0.05) is 0 Å². The Morgan fingerprint density at radius 1 is 1.47 bits per heavy atom. The molecule has 0 atom stereocenters. The fraction of sp³-hybridized carbons (Fsp3) is 0.182. The zero-order chi connectivity index (χ0) is 10.8. The molecule has 2 aromatic rings. The molecule has 0 unspecified atom stereocenters. The molecule has 0 aliphatic heterocycles. The SMILES string of the molecule is Cc1ccc(Cc2cnc(N)[se]2)cc1Cl. The topological polar surface area (TPSA) is 38.9 Å². The molecule has 0 radical (unpaired) electrons. The molecule has 78 valence electrons. The number of nitrogens with two attached hydrogens (primary N) is 1. The number of hydrogen-bond donors (Lipinski definition) is 1. The van der Waals surface area contributed by atoms with Crippen molar-refractivity contribution in [3.8, 4) is 0 Å². The molecule has 2 rings (SSSR count). The van der Waals surface area contributed by atoms with Crippen LogP contribution in [0.3, 0.4) is 0 Å². The Bertz CT molecular complexity index is 479. The Labute approximate surface area is 99.8 Å². The molecule has 0 bridgehead atoms. The van der Waals surface area contributed by atoms with Crippen molar-refractivity contribution in [1.82, 2.24) is 4.98 Å². The zero-order valence-electron chi connectivity index (χ0n) is 8.33. The molecule has 1 aromatic carbocycles. The molecular weight excluding hydrogens is 275 g/mol. The molecule has 0 amide bonds. The van der Waals surface area contributed by atoms with Crippen LogP contribution in [0.5, 0.6) is 0 Å². The van der Waals surface area contributed by atoms with Gasteiger partial charge < -0.3 is 0 Å². The van der Waals surface area contributed by atoms with Crippen LogP contribution in [0.15, 0.2) is 24.4 Å². The van der Waals surface area contributed by atoms with Crippen LogP contribution in [0.1, 0.15) is 15.6 Å². The number of nitrogen functional groups attached to an aromatic ring is 1. The molecule has 0 aliphatic rings. The van der Waals surface area contributed by atoms with Crippen molar-refractivity contribution in [2.45, 2.75) is 13.3 Å². The number of halogens is 1. The zero-order valence-corrected chi connectivity index (χ0v) is 10.8. The van der Waals surface area contributed by atoms with E-state index in [0.717, 1.165) is 21.7 Å². The first-order valence-electron chi connectivity index (χ1n) is 4.60. The molecule has 0 saturated carbocycles. The second kappa shape index (κ2) is 4.40. The van der Waals surface area contributed by atoms with Gasteiger partial charge in [0.05, 0.1) is 0 Å². The van der Waals surface area contributed by atoms with E-state index in [9.17, 15) is 0 Å². The number of aryl methyl sites for hydroxylation is 1. The van der Waals surface area contributed by atoms with Gasteiger partial charge in [-0.25, -0.2) is 0 Å². The fourth-order valence-corrected chi connectivity index (χ4v) is 3.06. The molecule has 1 heterocycles. The van der Waals surface area contributed by atoms with Gasteiger partial charge in [0.2, 0.25) is 0 Å². The summed E-state index contributed by atoms with van der Waals surface area (Å²) in [6.45, 7) is 2.01. The minimum atomic E-state index is 0.233. The predicted octanol–water partition coefficient (Wildman–Crippen LogP) is 2.27. The van der Waals surface area contributed by atoms with Crippen molar-refractivity contribution < 1.29 is 0 Å². The van der Waals surface area contributed by atoms with E-state index in [-0.39, 0.29) is 14.5 Å². The van der Waals surface area contributed by atoms with E-state index < -0.39 is 0 Å². The monoisotopic (exact) mass is 286 g/mol. The summed E-state index contributed by atoms with van der Waals surface area (Å²) in [6.07, 6.45) is 2.79. The Kier molecular flexibility index (Phi) is 3.15. The second-order valence-corrected chi connectivity index (χ2v) is 6.24. The first-order valence-corrected chi connectivity index (χ1v) is 6.69. The first-order chi connectivity index (χ1) is 7.15. The van der Waals surface area contributed by atoms with Crippen LogP contribution < -0.4 is 5.73 Å². The predicted molar refractivity (Wildman–Crippen MR) is 64.6 cm³/mol. The maximum absolute atomic E-state index is 6.06. The van der Waals surface area contributed by atoms with Crippen molar-refractivity contribution in [2.24, 2.45) is 0 Å². The van der Waals surface area contributed by atoms with E-state index in [1.54, 1.807) is 0 Å². The summed E-state index contributed by atoms with van der Waals surface area (Å²) >= 11 is 6.29. The molecule has 1 aromatic heterocycles. The molecule has 2 N–H and O–H groups in total. The van der Waals surface area contributed by atoms with Crippen LogP contribution in [-0.4, -0.2) is 19.5 Å². The van der Waals surface area contributed by atoms with Gasteiger partial charge in [0.15, 0.2) is 0 Å². The van der Waals surface area contributed by atoms with Gasteiger partial charge in [-0.05, 0) is 0 Å². The van der Waals surface area contributed by atoms with Crippen molar-refractivity contribution in [2.75, 3.05) is 5.73 Å². The van der Waals surface area contributed by atoms with E-state index in [2.05, 4.69) is 11.1 Å². The van der Waals surface area contributed by atoms with Gasteiger partial charge in [0.25, 0.3) is 0 Å². The van der Waals surface area contributed by atoms with Gasteiger partial charge in [-0.15, -0.1) is 0 Å². The normalized spacial score (nSPS) is 10.5. The van der Waals surface area contributed by atoms with Crippen LogP contribution >= 0.6 is 11.6 Å². The molecular formula is C11H11ClN2Se. The molecule has 0 fully saturated rings. The molecule has 0 aliphatic carbocycles. The maximum atomic E-state index is 6.06. The summed E-state index contributed by atoms with van der Waals surface area (Å²) in [6, 6.07) is 6.17. The van der Waals surface area contributed by atoms with Gasteiger partial charge in [-0.2, -0.15) is 0 Å². The summed E-state index contributed by atoms with van der Waals surface area (Å²) in [5, 5.41) is 0.826. The summed E-state index contributed by atoms with van der Waals surface area (Å²) in [7, 11) is 0. The molecule has 0 spiro atoms. The van der Waals surface area contributed by atoms with Crippen molar-refractivity contribution in [1.29, 1.82) is 0 Å². The van der Waals surface area contributed by atoms with Crippen LogP contribution in [0.2, 0.25) is 5.02 Å². The van der Waals surface area contributed by atoms with Gasteiger partial charge >= 0.3 is 99.8 Å². The second-order valence-electron chi connectivity index (χ2n) is 3.43. The summed E-state index contributed by atoms with van der Waals surface area (Å²) in [5.74, 6) is 0. The van der Waals surface area contributed by atoms with E-state index in [0.29, 0.717) is 0 Å². The van der Waals surface area contributed by atoms with Crippen molar-refractivity contribution >= 4 is 30.8 Å². The van der Waals surface area contributed by atoms with Gasteiger partial charge in [0.1, 0.15) is 0 Å². The van der Waals surface area contributed by atoms with Gasteiger partial charge in [-0.3, -0.25) is 0 Å². The number of rotatable bonds is 2. The standard InChI is InChI=1S/C11H11ClN2Se/c1-7-2-3-8(5-10(7)12)4-9-6-14-11(13)15-9/h2-3,5-6H,4H2,1H3,(H2,13,14). The third-order valence-corrected chi connectivity index (χ3v) is 4.33. The van der Waals surface area contributed by atoms with E-state index in [1.165, 1.54) is 10.0 Å². The van der Waals surface area contributed by atoms with E-state index in [1.807, 2.05) is 25.3 Å². The summed E-state index contributed by atoms with van der Waals surface area (Å²) in [5.41, 5.74) is 7.97. The van der Waals surface area contributed by atoms with E-state index in [4.69, 9.17) is 17.3 Å². The average Bonchev–Trinajstić information content (AvgIpc) is 2.58. The van der Waals surface area contributed by atoms with Crippen LogP contribution in [0.25, 0.3) is 0 Å². The third-order valence-electron chi connectivity index (χ3n) is 2.19. The van der Waals surface area contributed by atoms with Crippen molar-refractivity contribution in [3.05, 3.63) is 45.0 Å². The Morgan fingerprint density at radius 2 is 2.27 bits per heavy atom. The number of anilines is 1. The molecule has 15 heavy (non-hydrogen) atoms. The van der Waals surface area contributed by atoms with Crippen molar-refractivity contribution in [3.63, 3.8) is 0 Å². The quantitative estimate of drug-likeness (QED) is 0.860. The average molecular weight is 286 g/mol. The third kappa shape index (κ3) is 2.63. The summed E-state index contributed by atoms with van der Waals surface area (Å²) in [4.78, 5) is 4.08. The number of aromatic nitrogens is 1. The molecule has 4 heteroatoms. The number of nitrogens with zero attached hydrogens (tertiary/aromatic N) is 1. The molecule has 0 saturated heterocycles. The van der Waals surface area contributed by atoms with E-state index >= 15 is 0 Å². The Hall–Kier alpha value is -0.761. The van der Waals surface area contributed by atoms with Crippen LogP contribution in [-0.2, 0) is 6.42 Å².